The highest BCUT2D eigenvalue weighted by molar-refractivity contribution is 7.99. The van der Waals surface area contributed by atoms with Crippen molar-refractivity contribution < 1.29 is 4.79 Å². The number of amides is 1. The molecule has 0 bridgehead atoms. The van der Waals surface area contributed by atoms with Crippen LogP contribution in [0.5, 0.6) is 0 Å². The molecule has 0 atom stereocenters. The standard InChI is InChI=1S/C15H21N3OS/c1-2-3-4-7-10-18-13-9-6-5-8-12(13)17-15(18)20-11-14(16)19/h5-6,8-9H,2-4,7,10-11H2,1H3,(H2,16,19). The lowest BCUT2D eigenvalue weighted by molar-refractivity contribution is -0.115. The summed E-state index contributed by atoms with van der Waals surface area (Å²) >= 11 is 1.42. The summed E-state index contributed by atoms with van der Waals surface area (Å²) in [4.78, 5) is 15.6. The van der Waals surface area contributed by atoms with Crippen LogP contribution in [0.25, 0.3) is 11.0 Å². The third kappa shape index (κ3) is 3.76. The predicted octanol–water partition coefficient (Wildman–Crippen LogP) is 3.19. The Hall–Kier alpha value is -1.49. The number of nitrogens with zero attached hydrogens (tertiary/aromatic N) is 2. The van der Waals surface area contributed by atoms with E-state index in [1.54, 1.807) is 0 Å². The van der Waals surface area contributed by atoms with Crippen LogP contribution in [-0.4, -0.2) is 21.2 Å². The van der Waals surface area contributed by atoms with Crippen molar-refractivity contribution in [3.63, 3.8) is 0 Å². The van der Waals surface area contributed by atoms with Gasteiger partial charge in [-0.05, 0) is 18.6 Å². The van der Waals surface area contributed by atoms with Crippen molar-refractivity contribution in [2.75, 3.05) is 5.75 Å². The zero-order chi connectivity index (χ0) is 14.4. The van der Waals surface area contributed by atoms with E-state index in [9.17, 15) is 4.79 Å². The molecule has 1 aromatic carbocycles. The number of unbranched alkanes of at least 4 members (excludes halogenated alkanes) is 3. The number of hydrogen-bond donors (Lipinski definition) is 1. The summed E-state index contributed by atoms with van der Waals surface area (Å²) in [5, 5.41) is 0.890. The van der Waals surface area contributed by atoms with Gasteiger partial charge in [-0.2, -0.15) is 0 Å². The fourth-order valence-electron chi connectivity index (χ4n) is 2.21. The number of rotatable bonds is 8. The Balaban J connectivity index is 2.18. The fourth-order valence-corrected chi connectivity index (χ4v) is 2.99. The van der Waals surface area contributed by atoms with Crippen LogP contribution in [0.1, 0.15) is 32.6 Å². The summed E-state index contributed by atoms with van der Waals surface area (Å²) in [5.74, 6) is -0.0299. The second-order valence-corrected chi connectivity index (χ2v) is 5.79. The number of para-hydroxylation sites is 2. The van der Waals surface area contributed by atoms with Gasteiger partial charge in [-0.25, -0.2) is 4.98 Å². The molecular formula is C15H21N3OS. The van der Waals surface area contributed by atoms with Gasteiger partial charge in [-0.15, -0.1) is 0 Å². The highest BCUT2D eigenvalue weighted by Gasteiger charge is 2.11. The number of aryl methyl sites for hydroxylation is 1. The minimum absolute atomic E-state index is 0.276. The summed E-state index contributed by atoms with van der Waals surface area (Å²) in [5.41, 5.74) is 7.34. The molecule has 4 nitrogen and oxygen atoms in total. The number of nitrogens with two attached hydrogens (primary N) is 1. The first kappa shape index (κ1) is 14.9. The Kier molecular flexibility index (Phi) is 5.47. The van der Waals surface area contributed by atoms with Gasteiger partial charge in [0.2, 0.25) is 5.91 Å². The van der Waals surface area contributed by atoms with Crippen LogP contribution in [0.3, 0.4) is 0 Å². The minimum Gasteiger partial charge on any atom is -0.369 e. The first-order chi connectivity index (χ1) is 9.72. The van der Waals surface area contributed by atoms with Gasteiger partial charge in [-0.3, -0.25) is 4.79 Å². The van der Waals surface area contributed by atoms with E-state index in [1.165, 1.54) is 31.0 Å². The molecule has 20 heavy (non-hydrogen) atoms. The maximum absolute atomic E-state index is 11.0. The highest BCUT2D eigenvalue weighted by atomic mass is 32.2. The zero-order valence-corrected chi connectivity index (χ0v) is 12.7. The maximum atomic E-state index is 11.0. The Bertz CT molecular complexity index is 580. The predicted molar refractivity (Wildman–Crippen MR) is 83.8 cm³/mol. The van der Waals surface area contributed by atoms with Gasteiger partial charge in [0.1, 0.15) is 0 Å². The number of thioether (sulfide) groups is 1. The van der Waals surface area contributed by atoms with Crippen molar-refractivity contribution in [3.8, 4) is 0 Å². The number of carbonyl (C=O) groups excluding carboxylic acids is 1. The van der Waals surface area contributed by atoms with Crippen LogP contribution < -0.4 is 5.73 Å². The number of primary amides is 1. The Labute approximate surface area is 123 Å². The number of imidazole rings is 1. The van der Waals surface area contributed by atoms with Crippen molar-refractivity contribution in [1.29, 1.82) is 0 Å². The third-order valence-corrected chi connectivity index (χ3v) is 4.20. The van der Waals surface area contributed by atoms with Gasteiger partial charge in [-0.1, -0.05) is 50.1 Å². The second-order valence-electron chi connectivity index (χ2n) is 4.85. The Morgan fingerprint density at radius 2 is 2.10 bits per heavy atom. The molecule has 2 aromatic rings. The normalized spacial score (nSPS) is 11.1. The van der Waals surface area contributed by atoms with Crippen molar-refractivity contribution in [1.82, 2.24) is 9.55 Å². The first-order valence-corrected chi connectivity index (χ1v) is 8.07. The summed E-state index contributed by atoms with van der Waals surface area (Å²) in [6.45, 7) is 3.16. The van der Waals surface area contributed by atoms with Gasteiger partial charge in [0.15, 0.2) is 5.16 Å². The first-order valence-electron chi connectivity index (χ1n) is 7.08. The molecule has 1 heterocycles. The van der Waals surface area contributed by atoms with Crippen LogP contribution in [0.4, 0.5) is 0 Å². The molecule has 0 unspecified atom stereocenters. The number of aromatic nitrogens is 2. The monoisotopic (exact) mass is 291 g/mol. The number of carbonyl (C=O) groups is 1. The minimum atomic E-state index is -0.306. The quantitative estimate of drug-likeness (QED) is 0.600. The molecule has 0 saturated heterocycles. The molecule has 0 saturated carbocycles. The van der Waals surface area contributed by atoms with Gasteiger partial charge in [0, 0.05) is 6.54 Å². The van der Waals surface area contributed by atoms with E-state index in [4.69, 9.17) is 5.73 Å². The number of hydrogen-bond acceptors (Lipinski definition) is 3. The maximum Gasteiger partial charge on any atom is 0.227 e. The molecular weight excluding hydrogens is 270 g/mol. The van der Waals surface area contributed by atoms with E-state index in [0.29, 0.717) is 0 Å². The van der Waals surface area contributed by atoms with Crippen LogP contribution >= 0.6 is 11.8 Å². The lowest BCUT2D eigenvalue weighted by Crippen LogP contribution is -2.13. The summed E-state index contributed by atoms with van der Waals surface area (Å²) < 4.78 is 2.21. The van der Waals surface area contributed by atoms with Gasteiger partial charge in [0.05, 0.1) is 16.8 Å². The average molecular weight is 291 g/mol. The fraction of sp³-hybridized carbons (Fsp3) is 0.467. The van der Waals surface area contributed by atoms with Gasteiger partial charge < -0.3 is 10.3 Å². The van der Waals surface area contributed by atoms with Crippen molar-refractivity contribution in [2.45, 2.75) is 44.3 Å². The largest absolute Gasteiger partial charge is 0.369 e. The van der Waals surface area contributed by atoms with E-state index >= 15 is 0 Å². The molecule has 0 fully saturated rings. The van der Waals surface area contributed by atoms with E-state index in [0.717, 1.165) is 29.2 Å². The van der Waals surface area contributed by atoms with E-state index in [2.05, 4.69) is 22.5 Å². The molecule has 0 aliphatic carbocycles. The van der Waals surface area contributed by atoms with Crippen LogP contribution in [0.2, 0.25) is 0 Å². The third-order valence-electron chi connectivity index (χ3n) is 3.20. The second kappa shape index (κ2) is 7.33. The molecule has 5 heteroatoms. The molecule has 1 aromatic heterocycles. The molecule has 108 valence electrons. The smallest absolute Gasteiger partial charge is 0.227 e. The lowest BCUT2D eigenvalue weighted by Gasteiger charge is -2.08. The Morgan fingerprint density at radius 3 is 2.85 bits per heavy atom. The SMILES string of the molecule is CCCCCCn1c(SCC(N)=O)nc2ccccc21. The topological polar surface area (TPSA) is 60.9 Å². The molecule has 0 aliphatic rings. The van der Waals surface area contributed by atoms with Gasteiger partial charge >= 0.3 is 0 Å². The van der Waals surface area contributed by atoms with E-state index in [-0.39, 0.29) is 11.7 Å². The van der Waals surface area contributed by atoms with Crippen molar-refractivity contribution in [2.24, 2.45) is 5.73 Å². The molecule has 0 aliphatic heterocycles. The van der Waals surface area contributed by atoms with Crippen molar-refractivity contribution in [3.05, 3.63) is 24.3 Å². The molecule has 0 radical (unpaired) electrons. The molecule has 1 amide bonds. The summed E-state index contributed by atoms with van der Waals surface area (Å²) in [7, 11) is 0. The van der Waals surface area contributed by atoms with E-state index < -0.39 is 0 Å². The average Bonchev–Trinajstić information content (AvgIpc) is 2.79. The molecule has 2 N–H and O–H groups in total. The van der Waals surface area contributed by atoms with Crippen LogP contribution in [0, 0.1) is 0 Å². The van der Waals surface area contributed by atoms with Gasteiger partial charge in [0.25, 0.3) is 0 Å². The number of benzene rings is 1. The van der Waals surface area contributed by atoms with E-state index in [1.807, 2.05) is 18.2 Å². The van der Waals surface area contributed by atoms with Crippen molar-refractivity contribution >= 4 is 28.7 Å². The summed E-state index contributed by atoms with van der Waals surface area (Å²) in [6.07, 6.45) is 4.85. The summed E-state index contributed by atoms with van der Waals surface area (Å²) in [6, 6.07) is 8.09. The highest BCUT2D eigenvalue weighted by Crippen LogP contribution is 2.24. The lowest BCUT2D eigenvalue weighted by atomic mass is 10.2. The molecule has 2 rings (SSSR count). The number of fused-ring (bicyclic) bond motifs is 1. The molecule has 0 spiro atoms. The van der Waals surface area contributed by atoms with Crippen LogP contribution in [0.15, 0.2) is 29.4 Å². The van der Waals surface area contributed by atoms with Crippen LogP contribution in [-0.2, 0) is 11.3 Å². The Morgan fingerprint density at radius 1 is 1.30 bits per heavy atom. The zero-order valence-electron chi connectivity index (χ0n) is 11.8.